The van der Waals surface area contributed by atoms with Crippen molar-refractivity contribution in [2.75, 3.05) is 7.05 Å². The van der Waals surface area contributed by atoms with Crippen LogP contribution in [0.15, 0.2) is 42.5 Å². The van der Waals surface area contributed by atoms with E-state index in [2.05, 4.69) is 23.5 Å². The first-order valence-electron chi connectivity index (χ1n) is 7.38. The summed E-state index contributed by atoms with van der Waals surface area (Å²) >= 11 is 0. The van der Waals surface area contributed by atoms with Gasteiger partial charge in [0, 0.05) is 6.04 Å². The van der Waals surface area contributed by atoms with Gasteiger partial charge in [-0.1, -0.05) is 36.4 Å². The van der Waals surface area contributed by atoms with Gasteiger partial charge in [0.2, 0.25) is 0 Å². The number of benzene rings is 2. The van der Waals surface area contributed by atoms with Crippen LogP contribution < -0.4 is 5.32 Å². The van der Waals surface area contributed by atoms with E-state index >= 15 is 0 Å². The van der Waals surface area contributed by atoms with Gasteiger partial charge in [-0.25, -0.2) is 8.78 Å². The van der Waals surface area contributed by atoms with Crippen molar-refractivity contribution in [3.05, 3.63) is 70.8 Å². The molecule has 2 unspecified atom stereocenters. The molecule has 3 rings (SSSR count). The molecule has 3 heteroatoms. The average molecular weight is 287 g/mol. The average Bonchev–Trinajstić information content (AvgIpc) is 2.51. The number of nitrogens with one attached hydrogen (secondary N) is 1. The van der Waals surface area contributed by atoms with Gasteiger partial charge in [-0.05, 0) is 55.0 Å². The van der Waals surface area contributed by atoms with Crippen molar-refractivity contribution < 1.29 is 8.78 Å². The molecule has 0 fully saturated rings. The van der Waals surface area contributed by atoms with Gasteiger partial charge in [0.05, 0.1) is 0 Å². The molecule has 1 aliphatic carbocycles. The summed E-state index contributed by atoms with van der Waals surface area (Å²) in [7, 11) is 1.93. The highest BCUT2D eigenvalue weighted by atomic mass is 19.2. The summed E-state index contributed by atoms with van der Waals surface area (Å²) in [4.78, 5) is 0. The summed E-state index contributed by atoms with van der Waals surface area (Å²) in [5.74, 6) is -1.18. The molecule has 1 N–H and O–H groups in total. The molecule has 0 spiro atoms. The van der Waals surface area contributed by atoms with Crippen LogP contribution in [-0.4, -0.2) is 7.05 Å². The van der Waals surface area contributed by atoms with E-state index < -0.39 is 11.6 Å². The summed E-state index contributed by atoms with van der Waals surface area (Å²) in [5, 5.41) is 3.35. The Morgan fingerprint density at radius 3 is 2.71 bits per heavy atom. The lowest BCUT2D eigenvalue weighted by Gasteiger charge is -2.33. The highest BCUT2D eigenvalue weighted by molar-refractivity contribution is 5.33. The second-order valence-corrected chi connectivity index (χ2v) is 5.68. The van der Waals surface area contributed by atoms with Crippen LogP contribution in [0.25, 0.3) is 0 Å². The first-order chi connectivity index (χ1) is 10.2. The monoisotopic (exact) mass is 287 g/mol. The van der Waals surface area contributed by atoms with Gasteiger partial charge in [-0.2, -0.15) is 0 Å². The van der Waals surface area contributed by atoms with Crippen LogP contribution in [0.2, 0.25) is 0 Å². The third-order valence-electron chi connectivity index (χ3n) is 4.47. The molecule has 2 aromatic rings. The summed E-state index contributed by atoms with van der Waals surface area (Å²) in [6, 6.07) is 13.0. The molecule has 21 heavy (non-hydrogen) atoms. The fourth-order valence-electron chi connectivity index (χ4n) is 3.43. The molecule has 110 valence electrons. The zero-order chi connectivity index (χ0) is 14.8. The summed E-state index contributed by atoms with van der Waals surface area (Å²) in [5.41, 5.74) is 3.11. The minimum absolute atomic E-state index is 0.192. The van der Waals surface area contributed by atoms with Crippen molar-refractivity contribution in [3.63, 3.8) is 0 Å². The summed E-state index contributed by atoms with van der Waals surface area (Å²) in [6.45, 7) is 0. The molecule has 0 aliphatic heterocycles. The van der Waals surface area contributed by atoms with E-state index in [1.165, 1.54) is 17.2 Å². The Labute approximate surface area is 124 Å². The van der Waals surface area contributed by atoms with E-state index in [1.54, 1.807) is 12.1 Å². The molecule has 0 saturated heterocycles. The predicted octanol–water partition coefficient (Wildman–Crippen LogP) is 4.03. The molecule has 2 aromatic carbocycles. The van der Waals surface area contributed by atoms with Crippen molar-refractivity contribution in [2.45, 2.75) is 25.3 Å². The number of hydrogen-bond acceptors (Lipinski definition) is 1. The van der Waals surface area contributed by atoms with Gasteiger partial charge >= 0.3 is 0 Å². The second kappa shape index (κ2) is 5.94. The molecule has 0 bridgehead atoms. The molecule has 0 aromatic heterocycles. The Hall–Kier alpha value is -1.74. The SMILES string of the molecule is CNC1c2ccccc2CCC1Cc1cccc(F)c1F. The first-order valence-corrected chi connectivity index (χ1v) is 7.38. The van der Waals surface area contributed by atoms with Gasteiger partial charge in [0.15, 0.2) is 11.6 Å². The Bertz CT molecular complexity index is 639. The van der Waals surface area contributed by atoms with Crippen molar-refractivity contribution in [2.24, 2.45) is 5.92 Å². The van der Waals surface area contributed by atoms with Gasteiger partial charge < -0.3 is 5.32 Å². The zero-order valence-corrected chi connectivity index (χ0v) is 12.1. The van der Waals surface area contributed by atoms with Crippen molar-refractivity contribution in [1.29, 1.82) is 0 Å². The van der Waals surface area contributed by atoms with Crippen LogP contribution in [0, 0.1) is 17.6 Å². The Kier molecular flexibility index (Phi) is 4.02. The second-order valence-electron chi connectivity index (χ2n) is 5.68. The molecule has 0 heterocycles. The van der Waals surface area contributed by atoms with Gasteiger partial charge in [-0.15, -0.1) is 0 Å². The molecule has 0 saturated carbocycles. The van der Waals surface area contributed by atoms with Gasteiger partial charge in [-0.3, -0.25) is 0 Å². The van der Waals surface area contributed by atoms with Crippen LogP contribution >= 0.6 is 0 Å². The lowest BCUT2D eigenvalue weighted by atomic mass is 9.77. The molecular weight excluding hydrogens is 268 g/mol. The molecule has 1 nitrogen and oxygen atoms in total. The number of hydrogen-bond donors (Lipinski definition) is 1. The maximum absolute atomic E-state index is 13.9. The lowest BCUT2D eigenvalue weighted by molar-refractivity contribution is 0.329. The maximum Gasteiger partial charge on any atom is 0.162 e. The third-order valence-corrected chi connectivity index (χ3v) is 4.47. The number of aryl methyl sites for hydroxylation is 1. The Morgan fingerprint density at radius 2 is 1.90 bits per heavy atom. The van der Waals surface area contributed by atoms with Gasteiger partial charge in [0.1, 0.15) is 0 Å². The van der Waals surface area contributed by atoms with Crippen LogP contribution in [-0.2, 0) is 12.8 Å². The number of halogens is 2. The molecule has 0 radical (unpaired) electrons. The molecule has 1 aliphatic rings. The Balaban J connectivity index is 1.88. The van der Waals surface area contributed by atoms with E-state index in [4.69, 9.17) is 0 Å². The standard InChI is InChI=1S/C18H19F2N/c1-21-18-14(10-9-12-5-2-3-7-15(12)18)11-13-6-4-8-16(19)17(13)20/h2-8,14,18,21H,9-11H2,1H3. The minimum Gasteiger partial charge on any atom is -0.313 e. The zero-order valence-electron chi connectivity index (χ0n) is 12.1. The third kappa shape index (κ3) is 2.70. The highest BCUT2D eigenvalue weighted by Crippen LogP contribution is 2.36. The van der Waals surface area contributed by atoms with Crippen LogP contribution in [0.4, 0.5) is 8.78 Å². The van der Waals surface area contributed by atoms with E-state index in [0.29, 0.717) is 12.0 Å². The van der Waals surface area contributed by atoms with Crippen LogP contribution in [0.1, 0.15) is 29.2 Å². The highest BCUT2D eigenvalue weighted by Gasteiger charge is 2.29. The largest absolute Gasteiger partial charge is 0.313 e. The fraction of sp³-hybridized carbons (Fsp3) is 0.333. The van der Waals surface area contributed by atoms with Crippen molar-refractivity contribution in [3.8, 4) is 0 Å². The minimum atomic E-state index is -0.760. The van der Waals surface area contributed by atoms with Crippen molar-refractivity contribution >= 4 is 0 Å². The Morgan fingerprint density at radius 1 is 1.10 bits per heavy atom. The lowest BCUT2D eigenvalue weighted by Crippen LogP contribution is -2.31. The first kappa shape index (κ1) is 14.2. The van der Waals surface area contributed by atoms with E-state index in [1.807, 2.05) is 13.1 Å². The smallest absolute Gasteiger partial charge is 0.162 e. The van der Waals surface area contributed by atoms with Gasteiger partial charge in [0.25, 0.3) is 0 Å². The topological polar surface area (TPSA) is 12.0 Å². The molecule has 2 atom stereocenters. The summed E-state index contributed by atoms with van der Waals surface area (Å²) in [6.07, 6.45) is 2.54. The number of fused-ring (bicyclic) bond motifs is 1. The normalized spacial score (nSPS) is 21.1. The summed E-state index contributed by atoms with van der Waals surface area (Å²) < 4.78 is 27.2. The van der Waals surface area contributed by atoms with E-state index in [9.17, 15) is 8.78 Å². The van der Waals surface area contributed by atoms with E-state index in [-0.39, 0.29) is 12.0 Å². The van der Waals surface area contributed by atoms with Crippen molar-refractivity contribution in [1.82, 2.24) is 5.32 Å². The maximum atomic E-state index is 13.9. The van der Waals surface area contributed by atoms with Crippen LogP contribution in [0.5, 0.6) is 0 Å². The number of rotatable bonds is 3. The van der Waals surface area contributed by atoms with Crippen LogP contribution in [0.3, 0.4) is 0 Å². The fourth-order valence-corrected chi connectivity index (χ4v) is 3.43. The molecular formula is C18H19F2N. The quantitative estimate of drug-likeness (QED) is 0.898. The molecule has 0 amide bonds. The predicted molar refractivity (Wildman–Crippen MR) is 80.1 cm³/mol. The van der Waals surface area contributed by atoms with E-state index in [0.717, 1.165) is 12.8 Å².